The number of halogens is 2. The predicted molar refractivity (Wildman–Crippen MR) is 56.9 cm³/mol. The summed E-state index contributed by atoms with van der Waals surface area (Å²) < 4.78 is 41.7. The Bertz CT molecular complexity index is 442. The third-order valence-electron chi connectivity index (χ3n) is 1.25. The van der Waals surface area contributed by atoms with Crippen LogP contribution in [0.4, 0.5) is 10.1 Å². The first-order valence-electron chi connectivity index (χ1n) is 3.34. The minimum atomic E-state index is -4.41. The molecular weight excluding hydrogens is 258 g/mol. The molecule has 0 radical (unpaired) electrons. The summed E-state index contributed by atoms with van der Waals surface area (Å²) in [6.07, 6.45) is 0. The first-order chi connectivity index (χ1) is 6.38. The van der Waals surface area contributed by atoms with Crippen molar-refractivity contribution in [3.05, 3.63) is 29.0 Å². The third kappa shape index (κ3) is 5.67. The second-order valence-electron chi connectivity index (χ2n) is 2.33. The zero-order chi connectivity index (χ0) is 10.8. The number of hydrogen-bond donors (Lipinski definition) is 3. The van der Waals surface area contributed by atoms with Crippen LogP contribution in [0, 0.1) is 5.82 Å². The van der Waals surface area contributed by atoms with Gasteiger partial charge in [0.1, 0.15) is 5.82 Å². The van der Waals surface area contributed by atoms with E-state index in [2.05, 4.69) is 0 Å². The van der Waals surface area contributed by atoms with Crippen LogP contribution in [0.25, 0.3) is 0 Å². The Morgan fingerprint density at radius 2 is 2.00 bits per heavy atom. The fourth-order valence-corrected chi connectivity index (χ4v) is 1.11. The zero-order valence-electron chi connectivity index (χ0n) is 6.66. The summed E-state index contributed by atoms with van der Waals surface area (Å²) in [6.45, 7) is 0. The quantitative estimate of drug-likeness (QED) is 0.423. The van der Waals surface area contributed by atoms with Gasteiger partial charge < -0.3 is 5.43 Å². The van der Waals surface area contributed by atoms with Gasteiger partial charge in [0.05, 0.1) is 5.69 Å². The van der Waals surface area contributed by atoms with Crippen molar-refractivity contribution in [2.24, 2.45) is 0 Å². The molecule has 15 heavy (non-hydrogen) atoms. The van der Waals surface area contributed by atoms with Crippen molar-refractivity contribution in [1.29, 1.82) is 0 Å². The predicted octanol–water partition coefficient (Wildman–Crippen LogP) is 0.550. The van der Waals surface area contributed by atoms with Crippen LogP contribution in [0.1, 0.15) is 0 Å². The second kappa shape index (κ2) is 6.00. The Labute approximate surface area is 113 Å². The van der Waals surface area contributed by atoms with E-state index < -0.39 is 16.1 Å². The van der Waals surface area contributed by atoms with Crippen LogP contribution in [-0.2, 0) is 10.3 Å². The van der Waals surface area contributed by atoms with E-state index in [1.807, 2.05) is 5.43 Å². The molecule has 0 aliphatic heterocycles. The molecule has 1 rings (SSSR count). The van der Waals surface area contributed by atoms with Gasteiger partial charge in [0.25, 0.3) is 0 Å². The van der Waals surface area contributed by atoms with Crippen molar-refractivity contribution >= 4 is 57.1 Å². The van der Waals surface area contributed by atoms with Crippen molar-refractivity contribution in [3.8, 4) is 0 Å². The van der Waals surface area contributed by atoms with E-state index in [9.17, 15) is 12.8 Å². The average Bonchev–Trinajstić information content (AvgIpc) is 2.00. The van der Waals surface area contributed by atoms with Crippen molar-refractivity contribution < 1.29 is 17.4 Å². The Balaban J connectivity index is 0.00000196. The molecule has 9 heteroatoms. The molecule has 0 saturated heterocycles. The molecule has 0 saturated carbocycles. The number of nitrogens with one attached hydrogen (secondary N) is 2. The van der Waals surface area contributed by atoms with Gasteiger partial charge in [-0.2, -0.15) is 8.42 Å². The summed E-state index contributed by atoms with van der Waals surface area (Å²) >= 11 is 5.45. The molecular formula is C6H7ClFN2NaO3S. The van der Waals surface area contributed by atoms with Crippen LogP contribution in [0.5, 0.6) is 0 Å². The number of hydrogen-bond acceptors (Lipinski definition) is 3. The van der Waals surface area contributed by atoms with Gasteiger partial charge in [-0.3, -0.25) is 4.55 Å². The molecule has 0 amide bonds. The van der Waals surface area contributed by atoms with Crippen LogP contribution in [-0.4, -0.2) is 42.5 Å². The fraction of sp³-hybridized carbons (Fsp3) is 0. The summed E-state index contributed by atoms with van der Waals surface area (Å²) in [4.78, 5) is 1.49. The molecule has 0 bridgehead atoms. The molecule has 0 aliphatic carbocycles. The Morgan fingerprint density at radius 1 is 1.40 bits per heavy atom. The Kier molecular flexibility index (Phi) is 6.04. The summed E-state index contributed by atoms with van der Waals surface area (Å²) in [5.74, 6) is -0.742. The Hall–Kier alpha value is 0.110. The van der Waals surface area contributed by atoms with Gasteiger partial charge >= 0.3 is 39.9 Å². The van der Waals surface area contributed by atoms with Gasteiger partial charge in [-0.25, -0.2) is 4.39 Å². The topological polar surface area (TPSA) is 78.4 Å². The second-order valence-corrected chi connectivity index (χ2v) is 3.92. The van der Waals surface area contributed by atoms with E-state index in [1.54, 1.807) is 0 Å². The van der Waals surface area contributed by atoms with Crippen LogP contribution in [0.15, 0.2) is 18.2 Å². The fourth-order valence-electron chi connectivity index (χ4n) is 0.710. The van der Waals surface area contributed by atoms with E-state index in [1.165, 1.54) is 17.0 Å². The number of benzene rings is 1. The molecule has 0 atom stereocenters. The normalized spacial score (nSPS) is 10.6. The molecule has 0 unspecified atom stereocenters. The van der Waals surface area contributed by atoms with Crippen LogP contribution in [0.3, 0.4) is 0 Å². The summed E-state index contributed by atoms with van der Waals surface area (Å²) in [5, 5.41) is 0.180. The molecule has 0 heterocycles. The first-order valence-corrected chi connectivity index (χ1v) is 5.15. The molecule has 0 fully saturated rings. The standard InChI is InChI=1S/C6H6ClFN2O3S.Na.H/c7-4-1-2-6(5(8)3-4)9-10-14(11,12)13;;/h1-3,9-10H,(H,11,12,13);;. The van der Waals surface area contributed by atoms with E-state index >= 15 is 0 Å². The molecule has 1 aromatic carbocycles. The van der Waals surface area contributed by atoms with E-state index in [4.69, 9.17) is 16.2 Å². The molecule has 80 valence electrons. The van der Waals surface area contributed by atoms with Crippen molar-refractivity contribution in [3.63, 3.8) is 0 Å². The van der Waals surface area contributed by atoms with Gasteiger partial charge in [0.15, 0.2) is 0 Å². The Morgan fingerprint density at radius 3 is 2.47 bits per heavy atom. The van der Waals surface area contributed by atoms with Crippen molar-refractivity contribution in [2.75, 3.05) is 5.43 Å². The maximum atomic E-state index is 13.0. The minimum absolute atomic E-state index is 0. The number of rotatable bonds is 3. The zero-order valence-corrected chi connectivity index (χ0v) is 8.23. The molecule has 1 aromatic rings. The first kappa shape index (κ1) is 15.1. The van der Waals surface area contributed by atoms with E-state index in [0.717, 1.165) is 6.07 Å². The van der Waals surface area contributed by atoms with Gasteiger partial charge in [-0.05, 0) is 18.2 Å². The molecule has 5 nitrogen and oxygen atoms in total. The van der Waals surface area contributed by atoms with Gasteiger partial charge in [0.2, 0.25) is 0 Å². The molecule has 0 spiro atoms. The summed E-state index contributed by atoms with van der Waals surface area (Å²) in [7, 11) is -4.41. The van der Waals surface area contributed by atoms with Gasteiger partial charge in [-0.1, -0.05) is 11.6 Å². The van der Waals surface area contributed by atoms with Gasteiger partial charge in [-0.15, -0.1) is 4.83 Å². The van der Waals surface area contributed by atoms with E-state index in [-0.39, 0.29) is 40.3 Å². The number of anilines is 1. The van der Waals surface area contributed by atoms with Gasteiger partial charge in [0, 0.05) is 5.02 Å². The third-order valence-corrected chi connectivity index (χ3v) is 1.84. The monoisotopic (exact) mass is 264 g/mol. The van der Waals surface area contributed by atoms with Crippen LogP contribution < -0.4 is 10.3 Å². The van der Waals surface area contributed by atoms with Crippen LogP contribution in [0.2, 0.25) is 5.02 Å². The van der Waals surface area contributed by atoms with E-state index in [0.29, 0.717) is 0 Å². The van der Waals surface area contributed by atoms with Crippen molar-refractivity contribution in [1.82, 2.24) is 4.83 Å². The molecule has 3 N–H and O–H groups in total. The average molecular weight is 265 g/mol. The molecule has 0 aromatic heterocycles. The summed E-state index contributed by atoms with van der Waals surface area (Å²) in [6, 6.07) is 3.57. The summed E-state index contributed by atoms with van der Waals surface area (Å²) in [5.41, 5.74) is 1.81. The number of hydrazine groups is 1. The molecule has 0 aliphatic rings. The maximum absolute atomic E-state index is 13.0. The van der Waals surface area contributed by atoms with Crippen LogP contribution >= 0.6 is 11.6 Å². The van der Waals surface area contributed by atoms with Crippen molar-refractivity contribution in [2.45, 2.75) is 0 Å². The SMILES string of the molecule is O=S(=O)(O)NNc1ccc(Cl)cc1F.[NaH].